The third-order valence-electron chi connectivity index (χ3n) is 1.20. The van der Waals surface area contributed by atoms with E-state index in [9.17, 15) is 8.78 Å². The van der Waals surface area contributed by atoms with Gasteiger partial charge in [-0.3, -0.25) is 0 Å². The molecule has 0 nitrogen and oxygen atoms in total. The molecule has 0 fully saturated rings. The Morgan fingerprint density at radius 3 is 1.73 bits per heavy atom. The second-order valence-corrected chi connectivity index (χ2v) is 2.72. The van der Waals surface area contributed by atoms with E-state index in [1.807, 2.05) is 27.7 Å². The monoisotopic (exact) mass is 166 g/mol. The summed E-state index contributed by atoms with van der Waals surface area (Å²) in [5.41, 5.74) is 0. The molecule has 0 bridgehead atoms. The van der Waals surface area contributed by atoms with E-state index in [-0.39, 0.29) is 6.42 Å². The van der Waals surface area contributed by atoms with Crippen LogP contribution in [0.15, 0.2) is 0 Å². The Morgan fingerprint density at radius 2 is 1.45 bits per heavy atom. The molecule has 0 aliphatic carbocycles. The van der Waals surface area contributed by atoms with Crippen LogP contribution in [0, 0.1) is 5.92 Å². The van der Waals surface area contributed by atoms with Gasteiger partial charge < -0.3 is 0 Å². The van der Waals surface area contributed by atoms with Gasteiger partial charge in [0, 0.05) is 6.42 Å². The molecule has 0 aliphatic rings. The van der Waals surface area contributed by atoms with E-state index >= 15 is 0 Å². The molecular weight excluding hydrogens is 146 g/mol. The zero-order valence-electron chi connectivity index (χ0n) is 8.03. The lowest BCUT2D eigenvalue weighted by Gasteiger charge is -2.02. The molecule has 0 unspecified atom stereocenters. The van der Waals surface area contributed by atoms with Crippen molar-refractivity contribution in [2.45, 2.75) is 53.4 Å². The van der Waals surface area contributed by atoms with Crippen molar-refractivity contribution in [3.05, 3.63) is 0 Å². The molecule has 0 rings (SSSR count). The van der Waals surface area contributed by atoms with E-state index < -0.39 is 6.43 Å². The van der Waals surface area contributed by atoms with Gasteiger partial charge in [-0.2, -0.15) is 0 Å². The molecule has 0 saturated carbocycles. The largest absolute Gasteiger partial charge is 0.238 e. The zero-order chi connectivity index (χ0) is 9.28. The molecule has 0 amide bonds. The normalized spacial score (nSPS) is 9.82. The van der Waals surface area contributed by atoms with Crippen molar-refractivity contribution in [3.8, 4) is 0 Å². The second kappa shape index (κ2) is 9.86. The maximum atomic E-state index is 11.5. The average molecular weight is 166 g/mol. The molecule has 0 aliphatic heterocycles. The summed E-state index contributed by atoms with van der Waals surface area (Å²) in [6.45, 7) is 8.09. The van der Waals surface area contributed by atoms with Crippen LogP contribution in [0.3, 0.4) is 0 Å². The molecule has 0 heterocycles. The zero-order valence-corrected chi connectivity index (χ0v) is 8.03. The van der Waals surface area contributed by atoms with Crippen molar-refractivity contribution in [2.75, 3.05) is 0 Å². The van der Waals surface area contributed by atoms with E-state index in [1.54, 1.807) is 0 Å². The van der Waals surface area contributed by atoms with Gasteiger partial charge in [0.1, 0.15) is 0 Å². The molecule has 11 heavy (non-hydrogen) atoms. The lowest BCUT2D eigenvalue weighted by Crippen LogP contribution is -1.92. The highest BCUT2D eigenvalue weighted by molar-refractivity contribution is 4.47. The van der Waals surface area contributed by atoms with Gasteiger partial charge >= 0.3 is 0 Å². The molecule has 0 N–H and O–H groups in total. The first-order valence-corrected chi connectivity index (χ1v) is 4.41. The summed E-state index contributed by atoms with van der Waals surface area (Å²) in [5, 5.41) is 0. The first kappa shape index (κ1) is 13.4. The van der Waals surface area contributed by atoms with Crippen molar-refractivity contribution in [1.82, 2.24) is 0 Å². The lowest BCUT2D eigenvalue weighted by molar-refractivity contribution is 0.132. The topological polar surface area (TPSA) is 0 Å². The molecule has 0 saturated heterocycles. The van der Waals surface area contributed by atoms with Gasteiger partial charge in [-0.25, -0.2) is 8.78 Å². The molecule has 0 spiro atoms. The van der Waals surface area contributed by atoms with Gasteiger partial charge in [0.05, 0.1) is 0 Å². The van der Waals surface area contributed by atoms with Crippen LogP contribution in [-0.4, -0.2) is 6.43 Å². The Balaban J connectivity index is 0. The number of rotatable bonds is 4. The standard InChI is InChI=1S/C7H14F2.C2H6/c1-6(2)4-3-5-7(8)9;1-2/h6-7H,3-5H2,1-2H3;1-2H3. The van der Waals surface area contributed by atoms with Gasteiger partial charge in [0.15, 0.2) is 0 Å². The SMILES string of the molecule is CC.CC(C)CCCC(F)F. The highest BCUT2D eigenvalue weighted by Crippen LogP contribution is 2.10. The quantitative estimate of drug-likeness (QED) is 0.589. The molecule has 0 aromatic rings. The number of halogens is 2. The van der Waals surface area contributed by atoms with Gasteiger partial charge in [-0.05, 0) is 12.3 Å². The van der Waals surface area contributed by atoms with Crippen LogP contribution in [0.4, 0.5) is 8.78 Å². The number of hydrogen-bond donors (Lipinski definition) is 0. The third kappa shape index (κ3) is 17.7. The number of alkyl halides is 2. The predicted molar refractivity (Wildman–Crippen MR) is 46.0 cm³/mol. The summed E-state index contributed by atoms with van der Waals surface area (Å²) in [5.74, 6) is 0.559. The molecular formula is C9H20F2. The Hall–Kier alpha value is -0.140. The molecule has 2 heteroatoms. The average Bonchev–Trinajstić information content (AvgIpc) is 1.90. The fourth-order valence-electron chi connectivity index (χ4n) is 0.680. The minimum atomic E-state index is -2.11. The first-order valence-electron chi connectivity index (χ1n) is 4.41. The van der Waals surface area contributed by atoms with Crippen LogP contribution >= 0.6 is 0 Å². The van der Waals surface area contributed by atoms with Crippen LogP contribution in [0.25, 0.3) is 0 Å². The van der Waals surface area contributed by atoms with E-state index in [1.165, 1.54) is 0 Å². The van der Waals surface area contributed by atoms with E-state index in [0.717, 1.165) is 6.42 Å². The van der Waals surface area contributed by atoms with Crippen LogP contribution in [0.5, 0.6) is 0 Å². The summed E-state index contributed by atoms with van der Waals surface area (Å²) in [6.07, 6.45) is -0.457. The highest BCUT2D eigenvalue weighted by Gasteiger charge is 2.01. The molecule has 0 aromatic heterocycles. The minimum absolute atomic E-state index is 0.0676. The second-order valence-electron chi connectivity index (χ2n) is 2.72. The molecule has 0 atom stereocenters. The fraction of sp³-hybridized carbons (Fsp3) is 1.00. The van der Waals surface area contributed by atoms with Crippen molar-refractivity contribution in [2.24, 2.45) is 5.92 Å². The smallest absolute Gasteiger partial charge is 0.211 e. The Labute approximate surface area is 69.0 Å². The molecule has 0 aromatic carbocycles. The van der Waals surface area contributed by atoms with Crippen molar-refractivity contribution in [1.29, 1.82) is 0 Å². The Bertz CT molecular complexity index is 52.6. The number of hydrogen-bond acceptors (Lipinski definition) is 0. The van der Waals surface area contributed by atoms with Crippen molar-refractivity contribution < 1.29 is 8.78 Å². The fourth-order valence-corrected chi connectivity index (χ4v) is 0.680. The summed E-state index contributed by atoms with van der Waals surface area (Å²) in [4.78, 5) is 0. The highest BCUT2D eigenvalue weighted by atomic mass is 19.3. The maximum Gasteiger partial charge on any atom is 0.238 e. The van der Waals surface area contributed by atoms with Gasteiger partial charge in [0.25, 0.3) is 0 Å². The summed E-state index contributed by atoms with van der Waals surface area (Å²) in [6, 6.07) is 0. The Morgan fingerprint density at radius 1 is 1.00 bits per heavy atom. The van der Waals surface area contributed by atoms with Gasteiger partial charge in [0.2, 0.25) is 6.43 Å². The van der Waals surface area contributed by atoms with Crippen molar-refractivity contribution in [3.63, 3.8) is 0 Å². The van der Waals surface area contributed by atoms with Crippen LogP contribution in [-0.2, 0) is 0 Å². The van der Waals surface area contributed by atoms with E-state index in [4.69, 9.17) is 0 Å². The molecule has 70 valence electrons. The van der Waals surface area contributed by atoms with Crippen LogP contribution in [0.2, 0.25) is 0 Å². The van der Waals surface area contributed by atoms with Gasteiger partial charge in [-0.15, -0.1) is 0 Å². The Kier molecular flexibility index (Phi) is 12.1. The van der Waals surface area contributed by atoms with Crippen LogP contribution in [0.1, 0.15) is 47.0 Å². The van der Waals surface area contributed by atoms with Gasteiger partial charge in [-0.1, -0.05) is 34.1 Å². The summed E-state index contributed by atoms with van der Waals surface area (Å²) < 4.78 is 23.0. The van der Waals surface area contributed by atoms with E-state index in [2.05, 4.69) is 0 Å². The van der Waals surface area contributed by atoms with Crippen LogP contribution < -0.4 is 0 Å². The summed E-state index contributed by atoms with van der Waals surface area (Å²) in [7, 11) is 0. The lowest BCUT2D eigenvalue weighted by atomic mass is 10.1. The van der Waals surface area contributed by atoms with Crippen molar-refractivity contribution >= 4 is 0 Å². The minimum Gasteiger partial charge on any atom is -0.211 e. The summed E-state index contributed by atoms with van der Waals surface area (Å²) >= 11 is 0. The molecule has 0 radical (unpaired) electrons. The first-order chi connectivity index (χ1) is 5.13. The predicted octanol–water partition coefficient (Wildman–Crippen LogP) is 4.10. The third-order valence-corrected chi connectivity index (χ3v) is 1.20. The van der Waals surface area contributed by atoms with E-state index in [0.29, 0.717) is 12.3 Å². The maximum absolute atomic E-state index is 11.5.